The summed E-state index contributed by atoms with van der Waals surface area (Å²) in [5.41, 5.74) is 26.5. The van der Waals surface area contributed by atoms with Gasteiger partial charge >= 0.3 is 20.7 Å². The highest BCUT2D eigenvalue weighted by molar-refractivity contribution is 6.99. The van der Waals surface area contributed by atoms with Crippen LogP contribution in [0.3, 0.4) is 0 Å². The monoisotopic (exact) mass is 781 g/mol. The number of anilines is 7. The maximum absolute atomic E-state index is 2.74. The lowest BCUT2D eigenvalue weighted by Gasteiger charge is -2.54. The number of aromatic nitrogens is 2. The van der Waals surface area contributed by atoms with Crippen LogP contribution in [-0.2, 0) is 0 Å². The molecule has 0 N–H and O–H groups in total. The number of hydrogen-bond donors (Lipinski definition) is 0. The van der Waals surface area contributed by atoms with Gasteiger partial charge in [-0.1, -0.05) is 121 Å². The van der Waals surface area contributed by atoms with Crippen molar-refractivity contribution >= 4 is 131 Å². The fraction of sp³-hybridized carbons (Fsp3) is 0. The molecule has 0 aliphatic carbocycles. The Labute approximate surface area is 357 Å². The van der Waals surface area contributed by atoms with Gasteiger partial charge in [-0.05, 0) is 99.1 Å². The Kier molecular flexibility index (Phi) is 5.20. The van der Waals surface area contributed by atoms with E-state index < -0.39 is 0 Å². The van der Waals surface area contributed by atoms with Gasteiger partial charge in [-0.3, -0.25) is 0 Å². The lowest BCUT2D eigenvalue weighted by molar-refractivity contribution is 1.22. The van der Waals surface area contributed by atoms with Gasteiger partial charge in [0, 0.05) is 94.6 Å². The van der Waals surface area contributed by atoms with Gasteiger partial charge < -0.3 is 23.5 Å². The molecular weight excluding hydrogens is 751 g/mol. The molecule has 0 unspecified atom stereocenters. The first-order valence-electron chi connectivity index (χ1n) is 21.9. The van der Waals surface area contributed by atoms with Crippen molar-refractivity contribution in [2.75, 3.05) is 14.5 Å². The fourth-order valence-electron chi connectivity index (χ4n) is 13.4. The van der Waals surface area contributed by atoms with Crippen molar-refractivity contribution in [2.24, 2.45) is 0 Å². The molecule has 17 rings (SSSR count). The van der Waals surface area contributed by atoms with Crippen LogP contribution in [0.1, 0.15) is 0 Å². The van der Waals surface area contributed by atoms with Gasteiger partial charge in [0.15, 0.2) is 0 Å². The lowest BCUT2D eigenvalue weighted by Crippen LogP contribution is -2.71. The molecule has 5 nitrogen and oxygen atoms in total. The standard InChI is InChI=1S/C54H30B3N5/c1-3-15-31(16-4-1)59-43-29-27-35-33-19-7-11-23-39(33)61-52(35)45(43)47-49-48-46-44(60(57(49)59)32-17-5-2-6-18-32)30-28-36-34-20-8-12-24-40(34)62(53(36)46)56-38-22-10-14-26-42(38)58-41-25-13-9-21-37(41)55(61)50(47)54(58)51(48)56/h1-30H. The zero-order valence-corrected chi connectivity index (χ0v) is 33.3. The summed E-state index contributed by atoms with van der Waals surface area (Å²) < 4.78 is 5.47. The quantitative estimate of drug-likeness (QED) is 0.163. The summed E-state index contributed by atoms with van der Waals surface area (Å²) in [6, 6.07) is 68.9. The number of fused-ring (bicyclic) bond motifs is 14. The Morgan fingerprint density at radius 3 is 1.26 bits per heavy atom. The van der Waals surface area contributed by atoms with Crippen molar-refractivity contribution < 1.29 is 0 Å². The third-order valence-corrected chi connectivity index (χ3v) is 15.4. The summed E-state index contributed by atoms with van der Waals surface area (Å²) in [5.74, 6) is 0. The molecule has 9 aromatic carbocycles. The van der Waals surface area contributed by atoms with E-state index >= 15 is 0 Å². The molecule has 0 atom stereocenters. The first-order chi connectivity index (χ1) is 30.9. The molecule has 6 aliphatic heterocycles. The first kappa shape index (κ1) is 31.1. The zero-order valence-electron chi connectivity index (χ0n) is 33.3. The molecule has 6 aliphatic rings. The maximum Gasteiger partial charge on any atom is 0.421 e. The minimum atomic E-state index is -0.169. The number of rotatable bonds is 2. The summed E-state index contributed by atoms with van der Waals surface area (Å²) in [5, 5.41) is 5.25. The third kappa shape index (κ3) is 3.21. The highest BCUT2D eigenvalue weighted by Gasteiger charge is 2.58. The summed E-state index contributed by atoms with van der Waals surface area (Å²) >= 11 is 0. The summed E-state index contributed by atoms with van der Waals surface area (Å²) in [4.78, 5) is 8.04. The molecule has 8 heteroatoms. The number of para-hydroxylation sites is 6. The van der Waals surface area contributed by atoms with E-state index in [1.165, 1.54) is 133 Å². The number of benzene rings is 9. The van der Waals surface area contributed by atoms with Gasteiger partial charge in [-0.25, -0.2) is 0 Å². The molecular formula is C54H30B3N5. The number of hydrogen-bond acceptors (Lipinski definition) is 3. The van der Waals surface area contributed by atoms with Crippen molar-refractivity contribution in [2.45, 2.75) is 0 Å². The van der Waals surface area contributed by atoms with E-state index in [0.717, 1.165) is 0 Å². The Bertz CT molecular complexity index is 3680. The average Bonchev–Trinajstić information content (AvgIpc) is 3.86. The van der Waals surface area contributed by atoms with Crippen LogP contribution < -0.4 is 41.8 Å². The van der Waals surface area contributed by atoms with E-state index in [9.17, 15) is 0 Å². The molecule has 2 aromatic heterocycles. The predicted octanol–water partition coefficient (Wildman–Crippen LogP) is 9.27. The topological polar surface area (TPSA) is 19.6 Å². The molecule has 0 saturated carbocycles. The van der Waals surface area contributed by atoms with Crippen molar-refractivity contribution in [1.29, 1.82) is 0 Å². The van der Waals surface area contributed by atoms with Gasteiger partial charge in [-0.2, -0.15) is 0 Å². The molecule has 11 aromatic rings. The normalized spacial score (nSPS) is 14.9. The Morgan fingerprint density at radius 1 is 0.323 bits per heavy atom. The van der Waals surface area contributed by atoms with Crippen LogP contribution >= 0.6 is 0 Å². The Hall–Kier alpha value is -7.83. The largest absolute Gasteiger partial charge is 0.421 e. The second kappa shape index (κ2) is 10.4. The predicted molar refractivity (Wildman–Crippen MR) is 261 cm³/mol. The van der Waals surface area contributed by atoms with Gasteiger partial charge in [0.1, 0.15) is 0 Å². The minimum absolute atomic E-state index is 0.0286. The smallest absolute Gasteiger partial charge is 0.375 e. The van der Waals surface area contributed by atoms with E-state index in [4.69, 9.17) is 0 Å². The second-order valence-electron chi connectivity index (χ2n) is 17.9. The van der Waals surface area contributed by atoms with Crippen LogP contribution in [0.2, 0.25) is 0 Å². The van der Waals surface area contributed by atoms with E-state index in [1.54, 1.807) is 0 Å². The number of nitrogens with zero attached hydrogens (tertiary/aromatic N) is 5. The van der Waals surface area contributed by atoms with E-state index in [-0.39, 0.29) is 20.7 Å². The molecule has 0 radical (unpaired) electrons. The SMILES string of the molecule is c1ccc(N2B3c4c5c6c7c8c4-c4c(ccc9c%10ccccc%10n(c49)B8c4ccccc4N7c4ccccc4B6n4c6ccccc6c6ccc2c-5c64)N3c2ccccc2)cc1. The van der Waals surface area contributed by atoms with Crippen molar-refractivity contribution in [3.8, 4) is 22.3 Å². The van der Waals surface area contributed by atoms with Crippen LogP contribution in [0.25, 0.3) is 65.9 Å². The van der Waals surface area contributed by atoms with Gasteiger partial charge in [0.05, 0.1) is 0 Å². The molecule has 62 heavy (non-hydrogen) atoms. The Balaban J connectivity index is 1.19. The minimum Gasteiger partial charge on any atom is -0.375 e. The first-order valence-corrected chi connectivity index (χ1v) is 21.9. The molecule has 280 valence electrons. The molecule has 0 saturated heterocycles. The second-order valence-corrected chi connectivity index (χ2v) is 17.9. The third-order valence-electron chi connectivity index (χ3n) is 15.4. The van der Waals surface area contributed by atoms with E-state index in [2.05, 4.69) is 205 Å². The molecule has 0 amide bonds. The summed E-state index contributed by atoms with van der Waals surface area (Å²) in [6.07, 6.45) is 0. The van der Waals surface area contributed by atoms with Gasteiger partial charge in [0.2, 0.25) is 0 Å². The van der Waals surface area contributed by atoms with Crippen molar-refractivity contribution in [3.63, 3.8) is 0 Å². The maximum atomic E-state index is 2.74. The van der Waals surface area contributed by atoms with Crippen LogP contribution in [0.15, 0.2) is 182 Å². The highest BCUT2D eigenvalue weighted by atomic mass is 15.3. The summed E-state index contributed by atoms with van der Waals surface area (Å²) in [6.45, 7) is -0.226. The van der Waals surface area contributed by atoms with Gasteiger partial charge in [0.25, 0.3) is 0 Å². The lowest BCUT2D eigenvalue weighted by atomic mass is 9.35. The van der Waals surface area contributed by atoms with E-state index in [1.807, 2.05) is 0 Å². The van der Waals surface area contributed by atoms with Crippen molar-refractivity contribution in [3.05, 3.63) is 182 Å². The fourth-order valence-corrected chi connectivity index (χ4v) is 13.4. The van der Waals surface area contributed by atoms with Crippen LogP contribution in [-0.4, -0.2) is 29.6 Å². The highest BCUT2D eigenvalue weighted by Crippen LogP contribution is 2.58. The van der Waals surface area contributed by atoms with Crippen molar-refractivity contribution in [1.82, 2.24) is 8.96 Å². The Morgan fingerprint density at radius 2 is 0.758 bits per heavy atom. The molecule has 8 heterocycles. The zero-order chi connectivity index (χ0) is 39.7. The summed E-state index contributed by atoms with van der Waals surface area (Å²) in [7, 11) is 0. The van der Waals surface area contributed by atoms with E-state index in [0.29, 0.717) is 0 Å². The molecule has 0 bridgehead atoms. The van der Waals surface area contributed by atoms with Crippen LogP contribution in [0, 0.1) is 0 Å². The molecule has 0 fully saturated rings. The average molecular weight is 781 g/mol. The molecule has 0 spiro atoms. The van der Waals surface area contributed by atoms with Crippen LogP contribution in [0.5, 0.6) is 0 Å². The van der Waals surface area contributed by atoms with Crippen LogP contribution in [0.4, 0.5) is 39.8 Å². The van der Waals surface area contributed by atoms with Gasteiger partial charge in [-0.15, -0.1) is 0 Å².